The molecule has 0 atom stereocenters. The van der Waals surface area contributed by atoms with Crippen LogP contribution < -0.4 is 10.8 Å². The molecule has 132 valence electrons. The van der Waals surface area contributed by atoms with E-state index in [0.717, 1.165) is 11.5 Å². The largest absolute Gasteiger partial charge is 0.332 e. The van der Waals surface area contributed by atoms with Crippen molar-refractivity contribution in [2.45, 2.75) is 30.1 Å². The third kappa shape index (κ3) is 2.41. The highest BCUT2D eigenvalue weighted by Crippen LogP contribution is 2.52. The number of H-pyrrole nitrogens is 1. The number of nitrogens with one attached hydrogen (secondary N) is 1. The molecule has 3 aromatic rings. The molecule has 0 bridgehead atoms. The van der Waals surface area contributed by atoms with Crippen LogP contribution in [0.1, 0.15) is 24.2 Å². The molecule has 1 aliphatic carbocycles. The van der Waals surface area contributed by atoms with E-state index in [-0.39, 0.29) is 15.6 Å². The topological polar surface area (TPSA) is 124 Å². The van der Waals surface area contributed by atoms with Gasteiger partial charge in [0.25, 0.3) is 0 Å². The lowest BCUT2D eigenvalue weighted by Crippen LogP contribution is -2.22. The summed E-state index contributed by atoms with van der Waals surface area (Å²) in [5.74, 6) is 0.483. The van der Waals surface area contributed by atoms with E-state index in [1.807, 2.05) is 0 Å². The minimum atomic E-state index is -4.09. The molecular weight excluding hydrogens is 369 g/mol. The van der Waals surface area contributed by atoms with Gasteiger partial charge >= 0.3 is 5.69 Å². The van der Waals surface area contributed by atoms with Crippen molar-refractivity contribution < 1.29 is 12.8 Å². The maximum Gasteiger partial charge on any atom is 0.332 e. The lowest BCUT2D eigenvalue weighted by molar-refractivity contribution is 0.415. The van der Waals surface area contributed by atoms with E-state index in [2.05, 4.69) is 14.3 Å². The fourth-order valence-electron chi connectivity index (χ4n) is 3.09. The standard InChI is InChI=1S/C14H14FN5O3S2/c1-7-17-13(24-19-7)20-11-8(18-12(20)21)2-3-9(25(16,22)23)10(11)14(6-15)4-5-14/h2-3H,4-6H2,1H3,(H,18,21)(H2,16,22,23). The summed E-state index contributed by atoms with van der Waals surface area (Å²) in [6.45, 7) is 0.948. The number of imidazole rings is 1. The molecule has 0 radical (unpaired) electrons. The molecule has 0 unspecified atom stereocenters. The molecule has 11 heteroatoms. The molecule has 1 aliphatic rings. The maximum atomic E-state index is 13.8. The summed E-state index contributed by atoms with van der Waals surface area (Å²) in [4.78, 5) is 19.2. The quantitative estimate of drug-likeness (QED) is 0.699. The van der Waals surface area contributed by atoms with Crippen LogP contribution in [-0.4, -0.2) is 34.0 Å². The first-order valence-electron chi connectivity index (χ1n) is 7.44. The number of aromatic amines is 1. The Bertz CT molecular complexity index is 1160. The fraction of sp³-hybridized carbons (Fsp3) is 0.357. The zero-order chi connectivity index (χ0) is 18.0. The normalized spacial score (nSPS) is 16.4. The van der Waals surface area contributed by atoms with Crippen LogP contribution in [0.25, 0.3) is 16.2 Å². The number of aromatic nitrogens is 4. The molecule has 0 spiro atoms. The third-order valence-electron chi connectivity index (χ3n) is 4.46. The number of rotatable bonds is 4. The Labute approximate surface area is 145 Å². The molecule has 25 heavy (non-hydrogen) atoms. The van der Waals surface area contributed by atoms with Crippen molar-refractivity contribution in [1.29, 1.82) is 0 Å². The van der Waals surface area contributed by atoms with Crippen molar-refractivity contribution in [3.8, 4) is 5.13 Å². The van der Waals surface area contributed by atoms with Crippen LogP contribution in [0, 0.1) is 6.92 Å². The molecule has 0 amide bonds. The van der Waals surface area contributed by atoms with Crippen LogP contribution in [-0.2, 0) is 15.4 Å². The Morgan fingerprint density at radius 3 is 2.68 bits per heavy atom. The van der Waals surface area contributed by atoms with E-state index >= 15 is 0 Å². The number of halogens is 1. The zero-order valence-corrected chi connectivity index (χ0v) is 14.7. The number of sulfonamides is 1. The molecule has 4 rings (SSSR count). The van der Waals surface area contributed by atoms with E-state index in [1.54, 1.807) is 6.92 Å². The number of hydrogen-bond donors (Lipinski definition) is 2. The van der Waals surface area contributed by atoms with Gasteiger partial charge in [-0.2, -0.15) is 4.37 Å². The van der Waals surface area contributed by atoms with Gasteiger partial charge in [0.05, 0.1) is 22.6 Å². The van der Waals surface area contributed by atoms with Crippen LogP contribution in [0.15, 0.2) is 21.8 Å². The molecule has 2 heterocycles. The highest BCUT2D eigenvalue weighted by Gasteiger charge is 2.49. The van der Waals surface area contributed by atoms with Gasteiger partial charge in [0.2, 0.25) is 15.2 Å². The van der Waals surface area contributed by atoms with Crippen molar-refractivity contribution in [3.05, 3.63) is 34.0 Å². The number of benzene rings is 1. The number of aryl methyl sites for hydroxylation is 1. The van der Waals surface area contributed by atoms with Crippen molar-refractivity contribution >= 4 is 32.6 Å². The maximum absolute atomic E-state index is 13.8. The average Bonchev–Trinajstić information content (AvgIpc) is 3.11. The van der Waals surface area contributed by atoms with Gasteiger partial charge in [-0.1, -0.05) is 0 Å². The van der Waals surface area contributed by atoms with E-state index in [1.165, 1.54) is 16.7 Å². The van der Waals surface area contributed by atoms with Crippen LogP contribution in [0.2, 0.25) is 0 Å². The summed E-state index contributed by atoms with van der Waals surface area (Å²) in [5.41, 5.74) is -0.505. The third-order valence-corrected chi connectivity index (χ3v) is 6.21. The first-order valence-corrected chi connectivity index (χ1v) is 9.76. The molecular formula is C14H14FN5O3S2. The first kappa shape index (κ1) is 16.4. The number of alkyl halides is 1. The number of fused-ring (bicyclic) bond motifs is 1. The second-order valence-corrected chi connectivity index (χ2v) is 8.44. The van der Waals surface area contributed by atoms with Crippen LogP contribution in [0.5, 0.6) is 0 Å². The number of nitrogens with two attached hydrogens (primary N) is 1. The van der Waals surface area contributed by atoms with Gasteiger partial charge in [-0.25, -0.2) is 27.9 Å². The summed E-state index contributed by atoms with van der Waals surface area (Å²) in [6.07, 6.45) is 0.972. The van der Waals surface area contributed by atoms with E-state index in [4.69, 9.17) is 5.14 Å². The van der Waals surface area contributed by atoms with E-state index in [9.17, 15) is 17.6 Å². The number of hydrogen-bond acceptors (Lipinski definition) is 6. The van der Waals surface area contributed by atoms with E-state index in [0.29, 0.717) is 29.7 Å². The first-order chi connectivity index (χ1) is 11.8. The van der Waals surface area contributed by atoms with Gasteiger partial charge in [-0.3, -0.25) is 4.39 Å². The van der Waals surface area contributed by atoms with Crippen LogP contribution in [0.3, 0.4) is 0 Å². The van der Waals surface area contributed by atoms with Gasteiger partial charge in [0.15, 0.2) is 0 Å². The van der Waals surface area contributed by atoms with Gasteiger partial charge < -0.3 is 4.98 Å². The van der Waals surface area contributed by atoms with Gasteiger partial charge in [0.1, 0.15) is 5.82 Å². The number of primary sulfonamides is 1. The predicted molar refractivity (Wildman–Crippen MR) is 90.4 cm³/mol. The highest BCUT2D eigenvalue weighted by molar-refractivity contribution is 7.89. The average molecular weight is 383 g/mol. The van der Waals surface area contributed by atoms with Gasteiger partial charge in [-0.05, 0) is 31.9 Å². The Hall–Kier alpha value is -2.11. The lowest BCUT2D eigenvalue weighted by atomic mass is 9.95. The minimum absolute atomic E-state index is 0.163. The molecule has 2 aromatic heterocycles. The Kier molecular flexibility index (Phi) is 3.40. The smallest absolute Gasteiger partial charge is 0.305 e. The van der Waals surface area contributed by atoms with Gasteiger partial charge in [-0.15, -0.1) is 0 Å². The summed E-state index contributed by atoms with van der Waals surface area (Å²) in [5, 5.41) is 5.64. The molecule has 0 saturated heterocycles. The SMILES string of the molecule is Cc1nsc(-n2c(=O)[nH]c3ccc(S(N)(=O)=O)c(C4(CF)CC4)c32)n1. The van der Waals surface area contributed by atoms with Crippen LogP contribution in [0.4, 0.5) is 4.39 Å². The van der Waals surface area contributed by atoms with Crippen molar-refractivity contribution in [2.75, 3.05) is 6.67 Å². The predicted octanol–water partition coefficient (Wildman–Crippen LogP) is 1.13. The Morgan fingerprint density at radius 1 is 1.44 bits per heavy atom. The molecule has 1 fully saturated rings. The molecule has 0 aliphatic heterocycles. The molecule has 3 N–H and O–H groups in total. The Balaban J connectivity index is 2.18. The summed E-state index contributed by atoms with van der Waals surface area (Å²) < 4.78 is 43.3. The van der Waals surface area contributed by atoms with E-state index < -0.39 is 27.8 Å². The second kappa shape index (κ2) is 5.19. The minimum Gasteiger partial charge on any atom is -0.305 e. The highest BCUT2D eigenvalue weighted by atomic mass is 32.2. The molecule has 1 aromatic carbocycles. The zero-order valence-electron chi connectivity index (χ0n) is 13.1. The summed E-state index contributed by atoms with van der Waals surface area (Å²) in [7, 11) is -4.09. The van der Waals surface area contributed by atoms with Crippen LogP contribution >= 0.6 is 11.5 Å². The number of nitrogens with zero attached hydrogens (tertiary/aromatic N) is 3. The van der Waals surface area contributed by atoms with Crippen molar-refractivity contribution in [3.63, 3.8) is 0 Å². The molecule has 8 nitrogen and oxygen atoms in total. The second-order valence-electron chi connectivity index (χ2n) is 6.18. The lowest BCUT2D eigenvalue weighted by Gasteiger charge is -2.17. The Morgan fingerprint density at radius 2 is 2.16 bits per heavy atom. The van der Waals surface area contributed by atoms with Gasteiger partial charge in [0, 0.05) is 22.5 Å². The monoisotopic (exact) mass is 383 g/mol. The summed E-state index contributed by atoms with van der Waals surface area (Å²) in [6, 6.07) is 2.77. The van der Waals surface area contributed by atoms with Crippen molar-refractivity contribution in [2.24, 2.45) is 5.14 Å². The molecule has 1 saturated carbocycles. The fourth-order valence-corrected chi connectivity index (χ4v) is 4.63. The van der Waals surface area contributed by atoms with Crippen molar-refractivity contribution in [1.82, 2.24) is 18.9 Å². The summed E-state index contributed by atoms with van der Waals surface area (Å²) >= 11 is 1.00.